The molecule has 3 heteroatoms. The van der Waals surface area contributed by atoms with Crippen LogP contribution in [0, 0.1) is 0 Å². The van der Waals surface area contributed by atoms with Gasteiger partial charge in [0.05, 0.1) is 14.2 Å². The van der Waals surface area contributed by atoms with Crippen LogP contribution < -0.4 is 0 Å². The van der Waals surface area contributed by atoms with Gasteiger partial charge < -0.3 is 14.2 Å². The molecular formula is C11H18O3. The van der Waals surface area contributed by atoms with Gasteiger partial charge in [-0.05, 0) is 25.8 Å². The molecule has 0 amide bonds. The molecule has 1 aliphatic carbocycles. The average molecular weight is 198 g/mol. The molecule has 0 aromatic heterocycles. The van der Waals surface area contributed by atoms with Crippen LogP contribution in [0.15, 0.2) is 23.2 Å². The molecule has 80 valence electrons. The second-order valence-corrected chi connectivity index (χ2v) is 3.39. The Morgan fingerprint density at radius 1 is 1.21 bits per heavy atom. The van der Waals surface area contributed by atoms with E-state index in [1.807, 2.05) is 6.08 Å². The minimum absolute atomic E-state index is 0.00338. The fourth-order valence-electron chi connectivity index (χ4n) is 1.63. The van der Waals surface area contributed by atoms with Crippen LogP contribution in [0.3, 0.4) is 0 Å². The lowest BCUT2D eigenvalue weighted by atomic mass is 10.1. The molecule has 1 rings (SSSR count). The molecule has 0 aliphatic heterocycles. The summed E-state index contributed by atoms with van der Waals surface area (Å²) in [6, 6.07) is 0. The average Bonchev–Trinajstić information content (AvgIpc) is 2.36. The van der Waals surface area contributed by atoms with Crippen molar-refractivity contribution in [1.29, 1.82) is 0 Å². The first-order valence-corrected chi connectivity index (χ1v) is 4.75. The van der Waals surface area contributed by atoms with E-state index in [9.17, 15) is 0 Å². The normalized spacial score (nSPS) is 22.9. The van der Waals surface area contributed by atoms with Gasteiger partial charge in [0.15, 0.2) is 11.5 Å². The predicted molar refractivity (Wildman–Crippen MR) is 54.8 cm³/mol. The third-order valence-corrected chi connectivity index (χ3v) is 2.44. The molecule has 0 aromatic carbocycles. The smallest absolute Gasteiger partial charge is 0.166 e. The molecule has 0 spiro atoms. The Balaban J connectivity index is 3.00. The summed E-state index contributed by atoms with van der Waals surface area (Å²) >= 11 is 0. The van der Waals surface area contributed by atoms with Crippen LogP contribution in [-0.2, 0) is 14.2 Å². The number of rotatable bonds is 3. The van der Waals surface area contributed by atoms with Gasteiger partial charge in [0.1, 0.15) is 6.10 Å². The van der Waals surface area contributed by atoms with Crippen molar-refractivity contribution in [3.05, 3.63) is 23.2 Å². The zero-order valence-electron chi connectivity index (χ0n) is 9.29. The Labute approximate surface area is 85.3 Å². The first-order valence-electron chi connectivity index (χ1n) is 4.75. The third-order valence-electron chi connectivity index (χ3n) is 2.44. The van der Waals surface area contributed by atoms with Crippen LogP contribution in [0.1, 0.15) is 19.8 Å². The van der Waals surface area contributed by atoms with Crippen molar-refractivity contribution >= 4 is 0 Å². The molecule has 0 saturated carbocycles. The quantitative estimate of drug-likeness (QED) is 0.696. The van der Waals surface area contributed by atoms with Crippen molar-refractivity contribution in [2.24, 2.45) is 0 Å². The fourth-order valence-corrected chi connectivity index (χ4v) is 1.63. The van der Waals surface area contributed by atoms with E-state index in [1.165, 1.54) is 5.57 Å². The predicted octanol–water partition coefficient (Wildman–Crippen LogP) is 2.25. The van der Waals surface area contributed by atoms with E-state index < -0.39 is 0 Å². The molecule has 0 radical (unpaired) electrons. The second kappa shape index (κ2) is 5.05. The van der Waals surface area contributed by atoms with E-state index in [1.54, 1.807) is 21.3 Å². The van der Waals surface area contributed by atoms with Crippen molar-refractivity contribution in [2.45, 2.75) is 25.9 Å². The summed E-state index contributed by atoms with van der Waals surface area (Å²) in [6.07, 6.45) is 3.97. The summed E-state index contributed by atoms with van der Waals surface area (Å²) in [7, 11) is 4.99. The van der Waals surface area contributed by atoms with Crippen LogP contribution in [0.5, 0.6) is 0 Å². The Bertz CT molecular complexity index is 253. The lowest BCUT2D eigenvalue weighted by Gasteiger charge is -2.17. The molecule has 0 N–H and O–H groups in total. The van der Waals surface area contributed by atoms with E-state index in [-0.39, 0.29) is 6.10 Å². The minimum atomic E-state index is 0.00338. The SMILES string of the molecule is COC1=C(OC)C(OC)CCC(C)=C1. The van der Waals surface area contributed by atoms with Crippen molar-refractivity contribution in [3.63, 3.8) is 0 Å². The van der Waals surface area contributed by atoms with Crippen LogP contribution in [0.4, 0.5) is 0 Å². The van der Waals surface area contributed by atoms with Gasteiger partial charge in [0.25, 0.3) is 0 Å². The highest BCUT2D eigenvalue weighted by Gasteiger charge is 2.21. The van der Waals surface area contributed by atoms with E-state index >= 15 is 0 Å². The van der Waals surface area contributed by atoms with Gasteiger partial charge in [-0.15, -0.1) is 0 Å². The van der Waals surface area contributed by atoms with Crippen LogP contribution in [-0.4, -0.2) is 27.4 Å². The first-order chi connectivity index (χ1) is 6.72. The summed E-state index contributed by atoms with van der Waals surface area (Å²) in [5, 5.41) is 0. The largest absolute Gasteiger partial charge is 0.494 e. The highest BCUT2D eigenvalue weighted by atomic mass is 16.5. The molecule has 0 heterocycles. The minimum Gasteiger partial charge on any atom is -0.494 e. The molecule has 0 bridgehead atoms. The molecule has 0 saturated heterocycles. The summed E-state index contributed by atoms with van der Waals surface area (Å²) in [5.74, 6) is 1.56. The maximum Gasteiger partial charge on any atom is 0.166 e. The van der Waals surface area contributed by atoms with Crippen LogP contribution in [0.2, 0.25) is 0 Å². The monoisotopic (exact) mass is 198 g/mol. The topological polar surface area (TPSA) is 27.7 Å². The van der Waals surface area contributed by atoms with Crippen molar-refractivity contribution < 1.29 is 14.2 Å². The van der Waals surface area contributed by atoms with Crippen molar-refractivity contribution in [1.82, 2.24) is 0 Å². The third kappa shape index (κ3) is 2.29. The molecule has 3 nitrogen and oxygen atoms in total. The van der Waals surface area contributed by atoms with Gasteiger partial charge in [-0.1, -0.05) is 5.57 Å². The second-order valence-electron chi connectivity index (χ2n) is 3.39. The molecule has 1 aliphatic rings. The number of ether oxygens (including phenoxy) is 3. The number of allylic oxidation sites excluding steroid dienone is 2. The van der Waals surface area contributed by atoms with Crippen molar-refractivity contribution in [3.8, 4) is 0 Å². The highest BCUT2D eigenvalue weighted by molar-refractivity contribution is 5.25. The molecule has 0 aromatic rings. The highest BCUT2D eigenvalue weighted by Crippen LogP contribution is 2.25. The molecule has 1 atom stereocenters. The maximum atomic E-state index is 5.36. The summed E-state index contributed by atoms with van der Waals surface area (Å²) in [4.78, 5) is 0. The number of methoxy groups -OCH3 is 3. The van der Waals surface area contributed by atoms with Gasteiger partial charge in [0, 0.05) is 7.11 Å². The zero-order chi connectivity index (χ0) is 10.6. The van der Waals surface area contributed by atoms with Crippen LogP contribution in [0.25, 0.3) is 0 Å². The van der Waals surface area contributed by atoms with Gasteiger partial charge in [0.2, 0.25) is 0 Å². The Kier molecular flexibility index (Phi) is 4.01. The van der Waals surface area contributed by atoms with Gasteiger partial charge in [-0.3, -0.25) is 0 Å². The van der Waals surface area contributed by atoms with E-state index in [2.05, 4.69) is 6.92 Å². The summed E-state index contributed by atoms with van der Waals surface area (Å²) in [6.45, 7) is 2.09. The molecule has 14 heavy (non-hydrogen) atoms. The maximum absolute atomic E-state index is 5.36. The van der Waals surface area contributed by atoms with E-state index in [0.717, 1.165) is 24.4 Å². The summed E-state index contributed by atoms with van der Waals surface area (Å²) < 4.78 is 15.9. The van der Waals surface area contributed by atoms with Crippen molar-refractivity contribution in [2.75, 3.05) is 21.3 Å². The number of hydrogen-bond donors (Lipinski definition) is 0. The lowest BCUT2D eigenvalue weighted by molar-refractivity contribution is 0.0647. The van der Waals surface area contributed by atoms with E-state index in [0.29, 0.717) is 0 Å². The van der Waals surface area contributed by atoms with Crippen LogP contribution >= 0.6 is 0 Å². The number of hydrogen-bond acceptors (Lipinski definition) is 3. The first kappa shape index (κ1) is 11.1. The fraction of sp³-hybridized carbons (Fsp3) is 0.636. The Hall–Kier alpha value is -0.960. The molecule has 0 fully saturated rings. The van der Waals surface area contributed by atoms with E-state index in [4.69, 9.17) is 14.2 Å². The van der Waals surface area contributed by atoms with Gasteiger partial charge in [-0.2, -0.15) is 0 Å². The van der Waals surface area contributed by atoms with Gasteiger partial charge >= 0.3 is 0 Å². The molecular weight excluding hydrogens is 180 g/mol. The Morgan fingerprint density at radius 2 is 1.93 bits per heavy atom. The van der Waals surface area contributed by atoms with Gasteiger partial charge in [-0.25, -0.2) is 0 Å². The standard InChI is InChI=1S/C11H18O3/c1-8-5-6-9(12-2)11(14-4)10(7-8)13-3/h7,9H,5-6H2,1-4H3. The Morgan fingerprint density at radius 3 is 2.43 bits per heavy atom. The molecule has 1 unspecified atom stereocenters. The zero-order valence-corrected chi connectivity index (χ0v) is 9.29. The summed E-state index contributed by atoms with van der Waals surface area (Å²) in [5.41, 5.74) is 1.29. The lowest BCUT2D eigenvalue weighted by Crippen LogP contribution is -2.16.